The minimum Gasteiger partial charge on any atom is -0.378 e. The Hall–Kier alpha value is -0.700. The summed E-state index contributed by atoms with van der Waals surface area (Å²) < 4.78 is 0. The first-order valence-electron chi connectivity index (χ1n) is 4.46. The normalized spacial score (nSPS) is 21.9. The van der Waals surface area contributed by atoms with Crippen molar-refractivity contribution in [1.82, 2.24) is 14.7 Å². The third kappa shape index (κ3) is 3.13. The molecule has 0 aliphatic carbocycles. The summed E-state index contributed by atoms with van der Waals surface area (Å²) in [5.74, 6) is 0. The van der Waals surface area contributed by atoms with E-state index in [2.05, 4.69) is 48.2 Å². The average Bonchev–Trinajstić information content (AvgIpc) is 2.11. The quantitative estimate of drug-likeness (QED) is 0.515. The Kier molecular flexibility index (Phi) is 3.41. The Morgan fingerprint density at radius 2 is 1.17 bits per heavy atom. The van der Waals surface area contributed by atoms with E-state index in [0.717, 1.165) is 26.2 Å². The van der Waals surface area contributed by atoms with Gasteiger partial charge < -0.3 is 14.7 Å². The molecule has 1 aliphatic rings. The van der Waals surface area contributed by atoms with Gasteiger partial charge in [-0.15, -0.1) is 0 Å². The molecule has 0 aromatic rings. The molecule has 70 valence electrons. The van der Waals surface area contributed by atoms with Crippen LogP contribution in [0.5, 0.6) is 0 Å². The number of nitrogens with zero attached hydrogens (tertiary/aromatic N) is 3. The fourth-order valence-electron chi connectivity index (χ4n) is 1.15. The SMILES string of the molecule is CN1C=CN(C)CCN(C)CC1. The largest absolute Gasteiger partial charge is 0.378 e. The minimum absolute atomic E-state index is 1.11. The molecule has 0 saturated heterocycles. The van der Waals surface area contributed by atoms with E-state index in [1.165, 1.54) is 0 Å². The van der Waals surface area contributed by atoms with E-state index in [9.17, 15) is 0 Å². The van der Waals surface area contributed by atoms with Crippen molar-refractivity contribution in [2.75, 3.05) is 47.3 Å². The number of hydrogen-bond donors (Lipinski definition) is 0. The van der Waals surface area contributed by atoms with Crippen LogP contribution in [0.15, 0.2) is 12.4 Å². The highest BCUT2D eigenvalue weighted by Gasteiger charge is 2.03. The van der Waals surface area contributed by atoms with Crippen LogP contribution in [0.3, 0.4) is 0 Å². The van der Waals surface area contributed by atoms with Gasteiger partial charge >= 0.3 is 0 Å². The number of hydrogen-bond acceptors (Lipinski definition) is 3. The highest BCUT2D eigenvalue weighted by atomic mass is 15.2. The maximum absolute atomic E-state index is 2.36. The lowest BCUT2D eigenvalue weighted by molar-refractivity contribution is 0.283. The molecule has 0 aromatic carbocycles. The van der Waals surface area contributed by atoms with Crippen LogP contribution in [0.1, 0.15) is 0 Å². The first-order valence-corrected chi connectivity index (χ1v) is 4.46. The van der Waals surface area contributed by atoms with Gasteiger partial charge in [-0.2, -0.15) is 0 Å². The lowest BCUT2D eigenvalue weighted by Gasteiger charge is -2.19. The van der Waals surface area contributed by atoms with Crippen LogP contribution in [-0.4, -0.2) is 62.0 Å². The zero-order valence-corrected chi connectivity index (χ0v) is 8.32. The van der Waals surface area contributed by atoms with Gasteiger partial charge in [0.25, 0.3) is 0 Å². The minimum atomic E-state index is 1.11. The van der Waals surface area contributed by atoms with E-state index in [1.54, 1.807) is 0 Å². The summed E-state index contributed by atoms with van der Waals surface area (Å²) in [7, 11) is 6.40. The molecule has 0 radical (unpaired) electrons. The Labute approximate surface area is 75.2 Å². The summed E-state index contributed by atoms with van der Waals surface area (Å²) in [4.78, 5) is 6.80. The number of likely N-dealkylation sites (N-methyl/N-ethyl adjacent to an activating group) is 3. The van der Waals surface area contributed by atoms with E-state index in [1.807, 2.05) is 0 Å². The molecular weight excluding hydrogens is 150 g/mol. The van der Waals surface area contributed by atoms with Crippen LogP contribution in [0.25, 0.3) is 0 Å². The average molecular weight is 169 g/mol. The van der Waals surface area contributed by atoms with Gasteiger partial charge in [0.1, 0.15) is 0 Å². The van der Waals surface area contributed by atoms with Gasteiger partial charge in [0, 0.05) is 52.7 Å². The Morgan fingerprint density at radius 3 is 1.58 bits per heavy atom. The van der Waals surface area contributed by atoms with Crippen molar-refractivity contribution in [1.29, 1.82) is 0 Å². The summed E-state index contributed by atoms with van der Waals surface area (Å²) >= 11 is 0. The van der Waals surface area contributed by atoms with Crippen LogP contribution in [0, 0.1) is 0 Å². The van der Waals surface area contributed by atoms with Crippen molar-refractivity contribution in [2.45, 2.75) is 0 Å². The molecule has 1 rings (SSSR count). The van der Waals surface area contributed by atoms with Gasteiger partial charge in [-0.25, -0.2) is 0 Å². The van der Waals surface area contributed by atoms with Crippen molar-refractivity contribution in [3.63, 3.8) is 0 Å². The molecule has 3 heteroatoms. The molecule has 0 saturated carbocycles. The van der Waals surface area contributed by atoms with E-state index in [0.29, 0.717) is 0 Å². The third-order valence-electron chi connectivity index (χ3n) is 2.24. The van der Waals surface area contributed by atoms with Gasteiger partial charge in [0.2, 0.25) is 0 Å². The summed E-state index contributed by atoms with van der Waals surface area (Å²) in [6.45, 7) is 4.52. The van der Waals surface area contributed by atoms with Gasteiger partial charge in [-0.1, -0.05) is 0 Å². The molecule has 3 nitrogen and oxygen atoms in total. The molecule has 1 aliphatic heterocycles. The fraction of sp³-hybridized carbons (Fsp3) is 0.778. The second kappa shape index (κ2) is 4.36. The van der Waals surface area contributed by atoms with Crippen LogP contribution in [-0.2, 0) is 0 Å². The van der Waals surface area contributed by atoms with Crippen LogP contribution >= 0.6 is 0 Å². The second-order valence-corrected chi connectivity index (χ2v) is 3.56. The van der Waals surface area contributed by atoms with Crippen LogP contribution < -0.4 is 0 Å². The molecule has 12 heavy (non-hydrogen) atoms. The molecule has 1 heterocycles. The Bertz CT molecular complexity index is 140. The summed E-state index contributed by atoms with van der Waals surface area (Å²) in [5, 5.41) is 0. The van der Waals surface area contributed by atoms with E-state index in [-0.39, 0.29) is 0 Å². The topological polar surface area (TPSA) is 9.72 Å². The first-order chi connectivity index (χ1) is 5.68. The summed E-state index contributed by atoms with van der Waals surface area (Å²) in [5.41, 5.74) is 0. The zero-order valence-electron chi connectivity index (χ0n) is 8.32. The molecule has 0 spiro atoms. The highest BCUT2D eigenvalue weighted by molar-refractivity contribution is 4.82. The second-order valence-electron chi connectivity index (χ2n) is 3.56. The van der Waals surface area contributed by atoms with E-state index >= 15 is 0 Å². The van der Waals surface area contributed by atoms with Crippen molar-refractivity contribution < 1.29 is 0 Å². The summed E-state index contributed by atoms with van der Waals surface area (Å²) in [6.07, 6.45) is 4.28. The smallest absolute Gasteiger partial charge is 0.0297 e. The molecule has 0 N–H and O–H groups in total. The molecule has 0 bridgehead atoms. The molecule has 0 aromatic heterocycles. The van der Waals surface area contributed by atoms with Gasteiger partial charge in [-0.05, 0) is 7.05 Å². The lowest BCUT2D eigenvalue weighted by Crippen LogP contribution is -2.31. The van der Waals surface area contributed by atoms with E-state index in [4.69, 9.17) is 0 Å². The highest BCUT2D eigenvalue weighted by Crippen LogP contribution is 1.95. The van der Waals surface area contributed by atoms with Gasteiger partial charge in [0.05, 0.1) is 0 Å². The molecular formula is C9H19N3. The molecule has 0 unspecified atom stereocenters. The van der Waals surface area contributed by atoms with Crippen molar-refractivity contribution in [3.8, 4) is 0 Å². The summed E-state index contributed by atoms with van der Waals surface area (Å²) in [6, 6.07) is 0. The molecule has 0 atom stereocenters. The van der Waals surface area contributed by atoms with Crippen molar-refractivity contribution in [3.05, 3.63) is 12.4 Å². The zero-order chi connectivity index (χ0) is 8.97. The third-order valence-corrected chi connectivity index (χ3v) is 2.24. The van der Waals surface area contributed by atoms with Crippen molar-refractivity contribution >= 4 is 0 Å². The van der Waals surface area contributed by atoms with Crippen molar-refractivity contribution in [2.24, 2.45) is 0 Å². The van der Waals surface area contributed by atoms with Crippen LogP contribution in [0.4, 0.5) is 0 Å². The first kappa shape index (κ1) is 9.39. The maximum atomic E-state index is 2.36. The van der Waals surface area contributed by atoms with E-state index < -0.39 is 0 Å². The number of rotatable bonds is 0. The molecule has 0 fully saturated rings. The van der Waals surface area contributed by atoms with Gasteiger partial charge in [0.15, 0.2) is 0 Å². The Morgan fingerprint density at radius 1 is 0.750 bits per heavy atom. The maximum Gasteiger partial charge on any atom is 0.0297 e. The molecule has 0 amide bonds. The monoisotopic (exact) mass is 169 g/mol. The Balaban J connectivity index is 2.47. The lowest BCUT2D eigenvalue weighted by atomic mass is 10.5. The van der Waals surface area contributed by atoms with Crippen LogP contribution in [0.2, 0.25) is 0 Å². The standard InChI is InChI=1S/C9H19N3/c1-10-4-6-11(2)8-9-12(3)7-5-10/h4,6H,5,7-9H2,1-3H3. The van der Waals surface area contributed by atoms with Gasteiger partial charge in [-0.3, -0.25) is 0 Å². The predicted molar refractivity (Wildman–Crippen MR) is 51.9 cm³/mol. The predicted octanol–water partition coefficient (Wildman–Crippen LogP) is 0.267. The fourth-order valence-corrected chi connectivity index (χ4v) is 1.15.